The number of hydrogen-bond acceptors (Lipinski definition) is 6. The molecule has 0 unspecified atom stereocenters. The van der Waals surface area contributed by atoms with Gasteiger partial charge in [-0.15, -0.1) is 0 Å². The van der Waals surface area contributed by atoms with Crippen LogP contribution in [0.4, 0.5) is 0 Å². The van der Waals surface area contributed by atoms with E-state index in [-0.39, 0.29) is 6.79 Å². The number of aryl methyl sites for hydroxylation is 1. The third-order valence-corrected chi connectivity index (χ3v) is 6.94. The Kier molecular flexibility index (Phi) is 7.79. The van der Waals surface area contributed by atoms with Crippen LogP contribution in [-0.4, -0.2) is 25.8 Å². The van der Waals surface area contributed by atoms with E-state index in [1.54, 1.807) is 0 Å². The molecular formula is C31H32O6. The van der Waals surface area contributed by atoms with E-state index < -0.39 is 11.9 Å². The predicted octanol–water partition coefficient (Wildman–Crippen LogP) is 6.36. The Morgan fingerprint density at radius 2 is 1.54 bits per heavy atom. The van der Waals surface area contributed by atoms with E-state index in [1.165, 1.54) is 7.11 Å². The molecule has 3 aromatic carbocycles. The number of carbonyl (C=O) groups excluding carboxylic acids is 2. The van der Waals surface area contributed by atoms with Gasteiger partial charge >= 0.3 is 11.9 Å². The zero-order valence-electron chi connectivity index (χ0n) is 22.2. The van der Waals surface area contributed by atoms with Gasteiger partial charge < -0.3 is 18.9 Å². The second-order valence-corrected chi connectivity index (χ2v) is 9.27. The highest BCUT2D eigenvalue weighted by Gasteiger charge is 2.27. The highest BCUT2D eigenvalue weighted by molar-refractivity contribution is 5.99. The second kappa shape index (κ2) is 11.0. The molecule has 3 aromatic rings. The van der Waals surface area contributed by atoms with Crippen molar-refractivity contribution < 1.29 is 28.5 Å². The summed E-state index contributed by atoms with van der Waals surface area (Å²) in [6.07, 6.45) is 4.68. The monoisotopic (exact) mass is 500 g/mol. The summed E-state index contributed by atoms with van der Waals surface area (Å²) in [6, 6.07) is 11.9. The Morgan fingerprint density at radius 3 is 2.19 bits per heavy atom. The van der Waals surface area contributed by atoms with Crippen LogP contribution in [0.2, 0.25) is 0 Å². The quantitative estimate of drug-likeness (QED) is 0.204. The molecule has 192 valence electrons. The van der Waals surface area contributed by atoms with E-state index in [0.717, 1.165) is 28.0 Å². The van der Waals surface area contributed by atoms with Crippen LogP contribution in [0.1, 0.15) is 65.2 Å². The topological polar surface area (TPSA) is 71.1 Å². The Hall–Kier alpha value is -3.90. The van der Waals surface area contributed by atoms with Crippen molar-refractivity contribution in [1.29, 1.82) is 0 Å². The third-order valence-electron chi connectivity index (χ3n) is 6.94. The molecule has 0 bridgehead atoms. The van der Waals surface area contributed by atoms with Gasteiger partial charge in [-0.2, -0.15) is 0 Å². The molecule has 0 aliphatic heterocycles. The molecule has 0 radical (unpaired) electrons. The predicted molar refractivity (Wildman–Crippen MR) is 142 cm³/mol. The van der Waals surface area contributed by atoms with Crippen LogP contribution < -0.4 is 9.47 Å². The summed E-state index contributed by atoms with van der Waals surface area (Å²) >= 11 is 0. The van der Waals surface area contributed by atoms with Crippen molar-refractivity contribution in [3.05, 3.63) is 98.1 Å². The van der Waals surface area contributed by atoms with E-state index in [4.69, 9.17) is 18.9 Å². The minimum absolute atomic E-state index is 0.129. The first kappa shape index (κ1) is 26.2. The zero-order valence-corrected chi connectivity index (χ0v) is 22.2. The molecule has 4 rings (SSSR count). The average molecular weight is 501 g/mol. The molecule has 0 spiro atoms. The van der Waals surface area contributed by atoms with Crippen molar-refractivity contribution >= 4 is 18.0 Å². The number of benzene rings is 3. The van der Waals surface area contributed by atoms with E-state index in [1.807, 2.05) is 83.2 Å². The first-order valence-electron chi connectivity index (χ1n) is 12.2. The van der Waals surface area contributed by atoms with Gasteiger partial charge in [-0.1, -0.05) is 42.5 Å². The van der Waals surface area contributed by atoms with Crippen LogP contribution in [0.3, 0.4) is 0 Å². The van der Waals surface area contributed by atoms with Crippen LogP contribution >= 0.6 is 0 Å². The van der Waals surface area contributed by atoms with Crippen molar-refractivity contribution in [3.8, 4) is 11.5 Å². The maximum absolute atomic E-state index is 13.6. The summed E-state index contributed by atoms with van der Waals surface area (Å²) in [6.45, 7) is 9.55. The Morgan fingerprint density at radius 1 is 0.865 bits per heavy atom. The Balaban J connectivity index is 1.65. The lowest BCUT2D eigenvalue weighted by Gasteiger charge is -2.20. The molecule has 0 N–H and O–H groups in total. The van der Waals surface area contributed by atoms with Gasteiger partial charge in [0, 0.05) is 12.7 Å². The number of allylic oxidation sites excluding steroid dienone is 1. The lowest BCUT2D eigenvalue weighted by atomic mass is 9.92. The number of esters is 2. The van der Waals surface area contributed by atoms with E-state index >= 15 is 0 Å². The summed E-state index contributed by atoms with van der Waals surface area (Å²) in [7, 11) is 1.46. The van der Waals surface area contributed by atoms with Gasteiger partial charge in [0.15, 0.2) is 6.79 Å². The second-order valence-electron chi connectivity index (χ2n) is 9.27. The summed E-state index contributed by atoms with van der Waals surface area (Å²) in [4.78, 5) is 26.2. The van der Waals surface area contributed by atoms with Gasteiger partial charge in [-0.25, -0.2) is 9.59 Å². The average Bonchev–Trinajstić information content (AvgIpc) is 3.37. The fraction of sp³-hybridized carbons (Fsp3) is 0.290. The number of carbonyl (C=O) groups is 2. The van der Waals surface area contributed by atoms with Crippen molar-refractivity contribution in [2.75, 3.05) is 13.9 Å². The van der Waals surface area contributed by atoms with E-state index in [9.17, 15) is 9.59 Å². The summed E-state index contributed by atoms with van der Waals surface area (Å²) in [5.74, 6) is 0.333. The van der Waals surface area contributed by atoms with E-state index in [0.29, 0.717) is 52.2 Å². The molecule has 0 fully saturated rings. The number of hydrogen-bond donors (Lipinski definition) is 0. The molecule has 0 aromatic heterocycles. The largest absolute Gasteiger partial charge is 0.489 e. The van der Waals surface area contributed by atoms with Gasteiger partial charge in [0.05, 0.1) is 11.1 Å². The molecule has 0 heterocycles. The minimum atomic E-state index is -0.467. The Bertz CT molecular complexity index is 1360. The van der Waals surface area contributed by atoms with Gasteiger partial charge in [0.1, 0.15) is 18.1 Å². The molecule has 0 atom stereocenters. The van der Waals surface area contributed by atoms with Crippen LogP contribution in [0, 0.1) is 34.6 Å². The maximum atomic E-state index is 13.6. The highest BCUT2D eigenvalue weighted by atomic mass is 16.7. The van der Waals surface area contributed by atoms with Gasteiger partial charge in [0.2, 0.25) is 0 Å². The van der Waals surface area contributed by atoms with Gasteiger partial charge in [-0.05, 0) is 86.1 Å². The van der Waals surface area contributed by atoms with E-state index in [2.05, 4.69) is 0 Å². The van der Waals surface area contributed by atoms with Crippen molar-refractivity contribution in [2.24, 2.45) is 0 Å². The van der Waals surface area contributed by atoms with Crippen LogP contribution in [-0.2, 0) is 22.5 Å². The minimum Gasteiger partial charge on any atom is -0.489 e. The molecule has 1 aliphatic rings. The van der Waals surface area contributed by atoms with Crippen molar-refractivity contribution in [1.82, 2.24) is 0 Å². The molecule has 0 saturated heterocycles. The third kappa shape index (κ3) is 5.16. The van der Waals surface area contributed by atoms with Crippen LogP contribution in [0.15, 0.2) is 42.5 Å². The maximum Gasteiger partial charge on any atom is 0.344 e. The summed E-state index contributed by atoms with van der Waals surface area (Å²) < 4.78 is 22.2. The van der Waals surface area contributed by atoms with Crippen LogP contribution in [0.25, 0.3) is 6.08 Å². The SMILES string of the molecule is COCOC(=O)c1c(C)c(C)c(OC(=O)c2c(C)cc(OCc3ccccc3)c3c2C=CC3)c(C)c1C. The standard InChI is InChI=1S/C31H32O6/c1-18-15-26(35-16-23-11-8-7-9-12-23)24-13-10-14-25(24)27(18)31(33)37-29-21(4)19(2)28(20(3)22(29)5)30(32)36-17-34-6/h7-12,14-15H,13,16-17H2,1-6H3. The number of rotatable bonds is 8. The molecule has 6 nitrogen and oxygen atoms in total. The van der Waals surface area contributed by atoms with Crippen LogP contribution in [0.5, 0.6) is 11.5 Å². The first-order chi connectivity index (χ1) is 17.7. The molecule has 0 saturated carbocycles. The molecule has 6 heteroatoms. The summed E-state index contributed by atoms with van der Waals surface area (Å²) in [5.41, 5.74) is 7.50. The molecular weight excluding hydrogens is 468 g/mol. The number of methoxy groups -OCH3 is 1. The normalized spacial score (nSPS) is 11.8. The van der Waals surface area contributed by atoms with Gasteiger partial charge in [0.25, 0.3) is 0 Å². The summed E-state index contributed by atoms with van der Waals surface area (Å²) in [5, 5.41) is 0. The smallest absolute Gasteiger partial charge is 0.344 e. The first-order valence-corrected chi connectivity index (χ1v) is 12.2. The fourth-order valence-corrected chi connectivity index (χ4v) is 4.74. The number of ether oxygens (including phenoxy) is 4. The lowest BCUT2D eigenvalue weighted by molar-refractivity contribution is -0.0126. The lowest BCUT2D eigenvalue weighted by Crippen LogP contribution is -2.18. The van der Waals surface area contributed by atoms with Gasteiger partial charge in [-0.3, -0.25) is 0 Å². The molecule has 37 heavy (non-hydrogen) atoms. The van der Waals surface area contributed by atoms with Crippen molar-refractivity contribution in [2.45, 2.75) is 47.6 Å². The number of fused-ring (bicyclic) bond motifs is 1. The molecule has 1 aliphatic carbocycles. The Labute approximate surface area is 217 Å². The van der Waals surface area contributed by atoms with Crippen molar-refractivity contribution in [3.63, 3.8) is 0 Å². The highest BCUT2D eigenvalue weighted by Crippen LogP contribution is 2.37. The molecule has 0 amide bonds. The fourth-order valence-electron chi connectivity index (χ4n) is 4.74. The zero-order chi connectivity index (χ0) is 26.7.